The zero-order valence-electron chi connectivity index (χ0n) is 11.9. The quantitative estimate of drug-likeness (QED) is 0.622. The second-order valence-corrected chi connectivity index (χ2v) is 4.93. The Balaban J connectivity index is 1.70. The second kappa shape index (κ2) is 5.04. The summed E-state index contributed by atoms with van der Waals surface area (Å²) in [5, 5.41) is 5.19. The van der Waals surface area contributed by atoms with Gasteiger partial charge < -0.3 is 14.2 Å². The third-order valence-electron chi connectivity index (χ3n) is 3.57. The molecular formula is C17H13N3O2. The zero-order valence-corrected chi connectivity index (χ0v) is 11.9. The van der Waals surface area contributed by atoms with E-state index < -0.39 is 0 Å². The van der Waals surface area contributed by atoms with Crippen LogP contribution >= 0.6 is 0 Å². The first-order chi connectivity index (χ1) is 10.8. The van der Waals surface area contributed by atoms with Gasteiger partial charge in [-0.2, -0.15) is 4.98 Å². The molecule has 2 aromatic carbocycles. The maximum atomic E-state index is 5.36. The van der Waals surface area contributed by atoms with Gasteiger partial charge in [0.05, 0.1) is 7.11 Å². The molecule has 0 bridgehead atoms. The number of hydrogen-bond acceptors (Lipinski definition) is 4. The van der Waals surface area contributed by atoms with E-state index in [-0.39, 0.29) is 0 Å². The first kappa shape index (κ1) is 12.6. The van der Waals surface area contributed by atoms with E-state index in [1.54, 1.807) is 7.11 Å². The molecule has 4 rings (SSSR count). The number of methoxy groups -OCH3 is 1. The van der Waals surface area contributed by atoms with E-state index in [0.717, 1.165) is 27.8 Å². The maximum Gasteiger partial charge on any atom is 0.258 e. The van der Waals surface area contributed by atoms with Gasteiger partial charge in [0.2, 0.25) is 5.82 Å². The Morgan fingerprint density at radius 2 is 1.82 bits per heavy atom. The number of H-pyrrole nitrogens is 1. The van der Waals surface area contributed by atoms with Gasteiger partial charge in [0.15, 0.2) is 0 Å². The number of benzene rings is 2. The SMILES string of the molecule is COc1ccc(-c2nc(-c3ccc4[nH]ccc4c3)no2)cc1. The molecule has 2 heterocycles. The third-order valence-corrected chi connectivity index (χ3v) is 3.57. The molecule has 5 heteroatoms. The van der Waals surface area contributed by atoms with Gasteiger partial charge in [0.1, 0.15) is 5.75 Å². The molecule has 22 heavy (non-hydrogen) atoms. The molecule has 0 unspecified atom stereocenters. The topological polar surface area (TPSA) is 63.9 Å². The van der Waals surface area contributed by atoms with Gasteiger partial charge in [-0.05, 0) is 48.5 Å². The summed E-state index contributed by atoms with van der Waals surface area (Å²) in [5.74, 6) is 1.86. The molecule has 0 aliphatic heterocycles. The number of aromatic nitrogens is 3. The van der Waals surface area contributed by atoms with Crippen molar-refractivity contribution in [3.05, 3.63) is 54.7 Å². The predicted molar refractivity (Wildman–Crippen MR) is 83.6 cm³/mol. The lowest BCUT2D eigenvalue weighted by atomic mass is 10.1. The number of ether oxygens (including phenoxy) is 1. The molecule has 0 saturated heterocycles. The van der Waals surface area contributed by atoms with Crippen LogP contribution in [-0.2, 0) is 0 Å². The lowest BCUT2D eigenvalue weighted by molar-refractivity contribution is 0.414. The molecule has 0 spiro atoms. The minimum Gasteiger partial charge on any atom is -0.497 e. The molecule has 0 aliphatic carbocycles. The van der Waals surface area contributed by atoms with E-state index in [4.69, 9.17) is 9.26 Å². The van der Waals surface area contributed by atoms with Crippen LogP contribution in [-0.4, -0.2) is 22.2 Å². The van der Waals surface area contributed by atoms with Crippen LogP contribution in [0.25, 0.3) is 33.7 Å². The largest absolute Gasteiger partial charge is 0.497 e. The molecule has 0 radical (unpaired) electrons. The summed E-state index contributed by atoms with van der Waals surface area (Å²) >= 11 is 0. The van der Waals surface area contributed by atoms with Crippen LogP contribution in [0.3, 0.4) is 0 Å². The molecule has 0 fully saturated rings. The van der Waals surface area contributed by atoms with Crippen LogP contribution in [0.15, 0.2) is 59.3 Å². The third kappa shape index (κ3) is 2.13. The van der Waals surface area contributed by atoms with Gasteiger partial charge in [-0.1, -0.05) is 5.16 Å². The number of fused-ring (bicyclic) bond motifs is 1. The summed E-state index contributed by atoms with van der Waals surface area (Å²) in [7, 11) is 1.64. The van der Waals surface area contributed by atoms with Crippen molar-refractivity contribution in [2.45, 2.75) is 0 Å². The summed E-state index contributed by atoms with van der Waals surface area (Å²) in [6, 6.07) is 15.6. The minimum atomic E-state index is 0.492. The smallest absolute Gasteiger partial charge is 0.258 e. The van der Waals surface area contributed by atoms with Gasteiger partial charge in [0.25, 0.3) is 5.89 Å². The van der Waals surface area contributed by atoms with E-state index >= 15 is 0 Å². The van der Waals surface area contributed by atoms with Crippen molar-refractivity contribution in [3.63, 3.8) is 0 Å². The highest BCUT2D eigenvalue weighted by Gasteiger charge is 2.11. The highest BCUT2D eigenvalue weighted by molar-refractivity contribution is 5.83. The van der Waals surface area contributed by atoms with Crippen molar-refractivity contribution < 1.29 is 9.26 Å². The molecule has 1 N–H and O–H groups in total. The fourth-order valence-electron chi connectivity index (χ4n) is 2.38. The molecule has 108 valence electrons. The molecule has 0 saturated carbocycles. The molecular weight excluding hydrogens is 278 g/mol. The fraction of sp³-hybridized carbons (Fsp3) is 0.0588. The van der Waals surface area contributed by atoms with Crippen molar-refractivity contribution in [2.75, 3.05) is 7.11 Å². The second-order valence-electron chi connectivity index (χ2n) is 4.93. The lowest BCUT2D eigenvalue weighted by Crippen LogP contribution is -1.83. The van der Waals surface area contributed by atoms with Gasteiger partial charge in [-0.15, -0.1) is 0 Å². The van der Waals surface area contributed by atoms with E-state index in [1.807, 2.05) is 54.7 Å². The summed E-state index contributed by atoms with van der Waals surface area (Å²) in [6.45, 7) is 0. The lowest BCUT2D eigenvalue weighted by Gasteiger charge is -1.98. The normalized spacial score (nSPS) is 11.0. The Hall–Kier alpha value is -3.08. The number of nitrogens with one attached hydrogen (secondary N) is 1. The average Bonchev–Trinajstić information content (AvgIpc) is 3.23. The Morgan fingerprint density at radius 1 is 1.00 bits per heavy atom. The fourth-order valence-corrected chi connectivity index (χ4v) is 2.38. The van der Waals surface area contributed by atoms with Crippen LogP contribution in [0.2, 0.25) is 0 Å². The molecule has 0 aliphatic rings. The van der Waals surface area contributed by atoms with Gasteiger partial charge >= 0.3 is 0 Å². The first-order valence-electron chi connectivity index (χ1n) is 6.89. The molecule has 0 atom stereocenters. The standard InChI is InChI=1S/C17H13N3O2/c1-21-14-5-2-11(3-6-14)17-19-16(20-22-17)13-4-7-15-12(10-13)8-9-18-15/h2-10,18H,1H3. The highest BCUT2D eigenvalue weighted by atomic mass is 16.5. The number of rotatable bonds is 3. The summed E-state index contributed by atoms with van der Waals surface area (Å²) in [5.41, 5.74) is 2.88. The molecule has 2 aromatic heterocycles. The zero-order chi connectivity index (χ0) is 14.9. The van der Waals surface area contributed by atoms with Crippen molar-refractivity contribution in [1.82, 2.24) is 15.1 Å². The van der Waals surface area contributed by atoms with Crippen LogP contribution in [0, 0.1) is 0 Å². The average molecular weight is 291 g/mol. The Kier molecular flexibility index (Phi) is 2.89. The maximum absolute atomic E-state index is 5.36. The predicted octanol–water partition coefficient (Wildman–Crippen LogP) is 3.89. The van der Waals surface area contributed by atoms with Crippen molar-refractivity contribution in [2.24, 2.45) is 0 Å². The Labute approximate surface area is 126 Å². The van der Waals surface area contributed by atoms with Crippen molar-refractivity contribution >= 4 is 10.9 Å². The van der Waals surface area contributed by atoms with E-state index in [1.165, 1.54) is 0 Å². The minimum absolute atomic E-state index is 0.492. The first-order valence-corrected chi connectivity index (χ1v) is 6.89. The van der Waals surface area contributed by atoms with Crippen molar-refractivity contribution in [3.8, 4) is 28.6 Å². The van der Waals surface area contributed by atoms with E-state index in [0.29, 0.717) is 11.7 Å². The molecule has 4 aromatic rings. The summed E-state index contributed by atoms with van der Waals surface area (Å²) in [4.78, 5) is 7.63. The van der Waals surface area contributed by atoms with E-state index in [9.17, 15) is 0 Å². The monoisotopic (exact) mass is 291 g/mol. The number of nitrogens with zero attached hydrogens (tertiary/aromatic N) is 2. The number of aromatic amines is 1. The van der Waals surface area contributed by atoms with Crippen LogP contribution < -0.4 is 4.74 Å². The van der Waals surface area contributed by atoms with Gasteiger partial charge in [-0.3, -0.25) is 0 Å². The van der Waals surface area contributed by atoms with Crippen molar-refractivity contribution in [1.29, 1.82) is 0 Å². The summed E-state index contributed by atoms with van der Waals surface area (Å²) < 4.78 is 10.5. The van der Waals surface area contributed by atoms with E-state index in [2.05, 4.69) is 15.1 Å². The van der Waals surface area contributed by atoms with Crippen LogP contribution in [0.4, 0.5) is 0 Å². The molecule has 5 nitrogen and oxygen atoms in total. The number of hydrogen-bond donors (Lipinski definition) is 1. The molecule has 0 amide bonds. The van der Waals surface area contributed by atoms with Crippen LogP contribution in [0.5, 0.6) is 5.75 Å². The Morgan fingerprint density at radius 3 is 2.64 bits per heavy atom. The van der Waals surface area contributed by atoms with Gasteiger partial charge in [0, 0.05) is 28.2 Å². The Bertz CT molecular complexity index is 922. The highest BCUT2D eigenvalue weighted by Crippen LogP contribution is 2.25. The van der Waals surface area contributed by atoms with Gasteiger partial charge in [-0.25, -0.2) is 0 Å². The van der Waals surface area contributed by atoms with Crippen LogP contribution in [0.1, 0.15) is 0 Å². The summed E-state index contributed by atoms with van der Waals surface area (Å²) in [6.07, 6.45) is 1.91.